The molecule has 1 saturated heterocycles. The van der Waals surface area contributed by atoms with Crippen LogP contribution in [-0.4, -0.2) is 52.6 Å². The van der Waals surface area contributed by atoms with E-state index in [0.29, 0.717) is 24.9 Å². The summed E-state index contributed by atoms with van der Waals surface area (Å²) in [7, 11) is -6.29. The molecule has 0 aromatic heterocycles. The number of benzene rings is 1. The zero-order chi connectivity index (χ0) is 18.0. The van der Waals surface area contributed by atoms with Crippen LogP contribution in [0, 0.1) is 0 Å². The molecule has 1 aliphatic heterocycles. The van der Waals surface area contributed by atoms with Crippen molar-refractivity contribution in [3.63, 3.8) is 0 Å². The Morgan fingerprint density at radius 3 is 2.38 bits per heavy atom. The van der Waals surface area contributed by atoms with Crippen molar-refractivity contribution in [3.05, 3.63) is 35.4 Å². The lowest BCUT2D eigenvalue weighted by atomic mass is 10.0. The van der Waals surface area contributed by atoms with E-state index >= 15 is 0 Å². The number of nitrogens with one attached hydrogen (secondary N) is 2. The summed E-state index contributed by atoms with van der Waals surface area (Å²) in [6, 6.07) is 6.81. The lowest BCUT2D eigenvalue weighted by Crippen LogP contribution is -2.46. The number of hydrogen-bond donors (Lipinski definition) is 2. The van der Waals surface area contributed by atoms with E-state index in [1.54, 1.807) is 31.2 Å². The fourth-order valence-corrected chi connectivity index (χ4v) is 5.22. The van der Waals surface area contributed by atoms with Crippen molar-refractivity contribution in [2.24, 2.45) is 0 Å². The number of hydrogen-bond acceptors (Lipinski definition) is 5. The summed E-state index contributed by atoms with van der Waals surface area (Å²) in [6.07, 6.45) is 2.03. The van der Waals surface area contributed by atoms with Gasteiger partial charge in [0, 0.05) is 12.1 Å². The summed E-state index contributed by atoms with van der Waals surface area (Å²) in [5.41, 5.74) is 0.617. The van der Waals surface area contributed by atoms with E-state index in [4.69, 9.17) is 0 Å². The standard InChI is InChI=1S/C15H22N2O5S2/c1-15(8-10-24(21,22)11-15)17-14(18)13-5-3-12(4-6-13)7-9-16-23(2,19)20/h3-6,16H,7-11H2,1-2H3,(H,17,18)/t15-/m1/s1. The molecule has 134 valence electrons. The first-order valence-electron chi connectivity index (χ1n) is 7.55. The predicted molar refractivity (Wildman–Crippen MR) is 92.1 cm³/mol. The largest absolute Gasteiger partial charge is 0.346 e. The van der Waals surface area contributed by atoms with Crippen LogP contribution in [0.4, 0.5) is 0 Å². The van der Waals surface area contributed by atoms with E-state index in [9.17, 15) is 21.6 Å². The van der Waals surface area contributed by atoms with Gasteiger partial charge in [0.2, 0.25) is 10.0 Å². The lowest BCUT2D eigenvalue weighted by molar-refractivity contribution is 0.0915. The van der Waals surface area contributed by atoms with Crippen LogP contribution in [0.2, 0.25) is 0 Å². The minimum absolute atomic E-state index is 0.0407. The van der Waals surface area contributed by atoms with Gasteiger partial charge in [-0.25, -0.2) is 21.6 Å². The highest BCUT2D eigenvalue weighted by atomic mass is 32.2. The zero-order valence-electron chi connectivity index (χ0n) is 13.7. The Morgan fingerprint density at radius 2 is 1.88 bits per heavy atom. The van der Waals surface area contributed by atoms with Crippen LogP contribution in [0.1, 0.15) is 29.3 Å². The molecule has 1 aliphatic rings. The topological polar surface area (TPSA) is 109 Å². The Morgan fingerprint density at radius 1 is 1.25 bits per heavy atom. The third-order valence-corrected chi connectivity index (χ3v) is 6.54. The van der Waals surface area contributed by atoms with Gasteiger partial charge >= 0.3 is 0 Å². The van der Waals surface area contributed by atoms with Crippen molar-refractivity contribution in [1.82, 2.24) is 10.0 Å². The van der Waals surface area contributed by atoms with E-state index in [-0.39, 0.29) is 17.4 Å². The average Bonchev–Trinajstić information content (AvgIpc) is 2.71. The Hall–Kier alpha value is -1.45. The maximum atomic E-state index is 12.3. The van der Waals surface area contributed by atoms with Crippen LogP contribution in [-0.2, 0) is 26.3 Å². The molecule has 7 nitrogen and oxygen atoms in total. The molecule has 0 radical (unpaired) electrons. The molecule has 2 N–H and O–H groups in total. The van der Waals surface area contributed by atoms with Gasteiger partial charge in [0.15, 0.2) is 9.84 Å². The van der Waals surface area contributed by atoms with E-state index < -0.39 is 25.4 Å². The number of carbonyl (C=O) groups is 1. The third-order valence-electron chi connectivity index (χ3n) is 3.91. The first-order valence-corrected chi connectivity index (χ1v) is 11.3. The van der Waals surface area contributed by atoms with Gasteiger partial charge in [-0.05, 0) is 37.5 Å². The van der Waals surface area contributed by atoms with Gasteiger partial charge in [0.1, 0.15) is 0 Å². The first kappa shape index (κ1) is 18.9. The molecule has 0 aliphatic carbocycles. The minimum atomic E-state index is -3.21. The third kappa shape index (κ3) is 5.57. The van der Waals surface area contributed by atoms with Crippen LogP contribution in [0.25, 0.3) is 0 Å². The zero-order valence-corrected chi connectivity index (χ0v) is 15.3. The summed E-state index contributed by atoms with van der Waals surface area (Å²) >= 11 is 0. The summed E-state index contributed by atoms with van der Waals surface area (Å²) in [4.78, 5) is 12.3. The number of sulfonamides is 1. The molecular formula is C15H22N2O5S2. The van der Waals surface area contributed by atoms with E-state index in [0.717, 1.165) is 11.8 Å². The minimum Gasteiger partial charge on any atom is -0.346 e. The van der Waals surface area contributed by atoms with Gasteiger partial charge in [-0.3, -0.25) is 4.79 Å². The molecule has 2 rings (SSSR count). The highest BCUT2D eigenvalue weighted by molar-refractivity contribution is 7.91. The predicted octanol–water partition coefficient (Wildman–Crippen LogP) is 0.0853. The van der Waals surface area contributed by atoms with Crippen LogP contribution in [0.3, 0.4) is 0 Å². The molecule has 1 aromatic rings. The van der Waals surface area contributed by atoms with Gasteiger partial charge in [-0.1, -0.05) is 12.1 Å². The van der Waals surface area contributed by atoms with Crippen molar-refractivity contribution in [2.45, 2.75) is 25.3 Å². The normalized spacial score (nSPS) is 23.1. The summed E-state index contributed by atoms with van der Waals surface area (Å²) < 4.78 is 47.6. The Bertz CT molecular complexity index is 816. The second kappa shape index (κ2) is 6.81. The number of rotatable bonds is 6. The van der Waals surface area contributed by atoms with Crippen molar-refractivity contribution in [1.29, 1.82) is 0 Å². The van der Waals surface area contributed by atoms with E-state index in [1.165, 1.54) is 0 Å². The smallest absolute Gasteiger partial charge is 0.251 e. The van der Waals surface area contributed by atoms with Crippen LogP contribution in [0.15, 0.2) is 24.3 Å². The van der Waals surface area contributed by atoms with Crippen molar-refractivity contribution in [3.8, 4) is 0 Å². The molecule has 1 atom stereocenters. The number of sulfone groups is 1. The Labute approximate surface area is 142 Å². The fraction of sp³-hybridized carbons (Fsp3) is 0.533. The molecule has 1 aromatic carbocycles. The Kier molecular flexibility index (Phi) is 5.36. The van der Waals surface area contributed by atoms with Crippen molar-refractivity contribution < 1.29 is 21.6 Å². The molecule has 0 saturated carbocycles. The van der Waals surface area contributed by atoms with Gasteiger partial charge in [0.25, 0.3) is 5.91 Å². The lowest BCUT2D eigenvalue weighted by Gasteiger charge is -2.23. The summed E-state index contributed by atoms with van der Waals surface area (Å²) in [6.45, 7) is 2.03. The van der Waals surface area contributed by atoms with Crippen molar-refractivity contribution >= 4 is 25.8 Å². The van der Waals surface area contributed by atoms with Gasteiger partial charge < -0.3 is 5.32 Å². The molecule has 24 heavy (non-hydrogen) atoms. The second-order valence-corrected chi connectivity index (χ2v) is 10.5. The number of carbonyl (C=O) groups excluding carboxylic acids is 1. The van der Waals surface area contributed by atoms with Gasteiger partial charge in [0.05, 0.1) is 23.3 Å². The van der Waals surface area contributed by atoms with E-state index in [2.05, 4.69) is 10.0 Å². The van der Waals surface area contributed by atoms with Gasteiger partial charge in [-0.15, -0.1) is 0 Å². The highest BCUT2D eigenvalue weighted by Crippen LogP contribution is 2.23. The SMILES string of the molecule is C[C@@]1(NC(=O)c2ccc(CCNS(C)(=O)=O)cc2)CCS(=O)(=O)C1. The Balaban J connectivity index is 1.94. The quantitative estimate of drug-likeness (QED) is 0.733. The second-order valence-electron chi connectivity index (χ2n) is 6.47. The monoisotopic (exact) mass is 374 g/mol. The molecule has 0 unspecified atom stereocenters. The molecule has 9 heteroatoms. The highest BCUT2D eigenvalue weighted by Gasteiger charge is 2.39. The maximum Gasteiger partial charge on any atom is 0.251 e. The maximum absolute atomic E-state index is 12.3. The summed E-state index contributed by atoms with van der Waals surface area (Å²) in [5, 5.41) is 2.80. The van der Waals surface area contributed by atoms with Gasteiger partial charge in [-0.2, -0.15) is 0 Å². The first-order chi connectivity index (χ1) is 11.0. The van der Waals surface area contributed by atoms with E-state index in [1.807, 2.05) is 0 Å². The van der Waals surface area contributed by atoms with Crippen LogP contribution >= 0.6 is 0 Å². The average molecular weight is 374 g/mol. The van der Waals surface area contributed by atoms with Crippen molar-refractivity contribution in [2.75, 3.05) is 24.3 Å². The van der Waals surface area contributed by atoms with Crippen LogP contribution < -0.4 is 10.0 Å². The summed E-state index contributed by atoms with van der Waals surface area (Å²) in [5.74, 6) is -0.257. The molecule has 1 amide bonds. The molecule has 0 spiro atoms. The molecule has 0 bridgehead atoms. The molecule has 1 heterocycles. The fourth-order valence-electron chi connectivity index (χ4n) is 2.66. The van der Waals surface area contributed by atoms with Crippen LogP contribution in [0.5, 0.6) is 0 Å². The number of amides is 1. The molecular weight excluding hydrogens is 352 g/mol. The molecule has 1 fully saturated rings.